The molecule has 5 aromatic rings. The van der Waals surface area contributed by atoms with E-state index in [0.717, 1.165) is 27.8 Å². The van der Waals surface area contributed by atoms with Gasteiger partial charge in [-0.3, -0.25) is 4.79 Å². The van der Waals surface area contributed by atoms with Crippen molar-refractivity contribution in [1.29, 1.82) is 0 Å². The molecule has 0 aliphatic carbocycles. The molecular formula is C26H20N2O3S2. The van der Waals surface area contributed by atoms with Crippen molar-refractivity contribution in [3.05, 3.63) is 81.9 Å². The molecule has 0 atom stereocenters. The number of carbonyl (C=O) groups is 1. The van der Waals surface area contributed by atoms with Crippen LogP contribution >= 0.6 is 22.7 Å². The van der Waals surface area contributed by atoms with Gasteiger partial charge in [0.2, 0.25) is 5.78 Å². The summed E-state index contributed by atoms with van der Waals surface area (Å²) in [7, 11) is 3.25. The molecule has 0 amide bonds. The molecule has 0 saturated heterocycles. The topological polar surface area (TPSA) is 74.4 Å². The van der Waals surface area contributed by atoms with Crippen molar-refractivity contribution in [3.8, 4) is 33.9 Å². The van der Waals surface area contributed by atoms with Crippen LogP contribution in [0.1, 0.15) is 14.5 Å². The Morgan fingerprint density at radius 1 is 0.939 bits per heavy atom. The number of ether oxygens (including phenoxy) is 2. The molecular weight excluding hydrogens is 452 g/mol. The molecule has 3 heterocycles. The van der Waals surface area contributed by atoms with Gasteiger partial charge >= 0.3 is 0 Å². The van der Waals surface area contributed by atoms with E-state index in [-0.39, 0.29) is 5.78 Å². The van der Waals surface area contributed by atoms with Gasteiger partial charge in [0.05, 0.1) is 30.5 Å². The molecule has 33 heavy (non-hydrogen) atoms. The lowest BCUT2D eigenvalue weighted by molar-refractivity contribution is 0.104. The van der Waals surface area contributed by atoms with Gasteiger partial charge in [-0.2, -0.15) is 0 Å². The summed E-state index contributed by atoms with van der Waals surface area (Å²) in [5.74, 6) is 1.29. The van der Waals surface area contributed by atoms with Crippen LogP contribution in [0.15, 0.2) is 72.1 Å². The van der Waals surface area contributed by atoms with Crippen LogP contribution in [0.2, 0.25) is 0 Å². The standard InChI is InChI=1S/C26H20N2O3S2/c1-30-16-10-11-20(31-2)17(13-16)18-14-19(15-7-4-3-5-8-15)28-26-22(18)23(27)25(33-26)24(29)21-9-6-12-32-21/h3-14H,27H2,1-2H3. The number of ketones is 1. The summed E-state index contributed by atoms with van der Waals surface area (Å²) < 4.78 is 11.1. The quantitative estimate of drug-likeness (QED) is 0.285. The van der Waals surface area contributed by atoms with E-state index in [1.165, 1.54) is 22.7 Å². The van der Waals surface area contributed by atoms with Gasteiger partial charge < -0.3 is 15.2 Å². The van der Waals surface area contributed by atoms with Crippen LogP contribution in [0.3, 0.4) is 0 Å². The van der Waals surface area contributed by atoms with Crippen molar-refractivity contribution in [2.45, 2.75) is 0 Å². The molecule has 3 aromatic heterocycles. The molecule has 0 fully saturated rings. The fourth-order valence-electron chi connectivity index (χ4n) is 3.80. The maximum absolute atomic E-state index is 13.2. The third kappa shape index (κ3) is 3.75. The lowest BCUT2D eigenvalue weighted by Gasteiger charge is -2.13. The first-order valence-electron chi connectivity index (χ1n) is 10.2. The third-order valence-corrected chi connectivity index (χ3v) is 7.38. The van der Waals surface area contributed by atoms with Crippen molar-refractivity contribution in [3.63, 3.8) is 0 Å². The van der Waals surface area contributed by atoms with Gasteiger partial charge in [0, 0.05) is 22.1 Å². The van der Waals surface area contributed by atoms with Gasteiger partial charge in [-0.1, -0.05) is 36.4 Å². The molecule has 0 saturated carbocycles. The summed E-state index contributed by atoms with van der Waals surface area (Å²) >= 11 is 2.72. The summed E-state index contributed by atoms with van der Waals surface area (Å²) in [5, 5.41) is 2.63. The van der Waals surface area contributed by atoms with Crippen LogP contribution in [0, 0.1) is 0 Å². The highest BCUT2D eigenvalue weighted by molar-refractivity contribution is 7.22. The van der Waals surface area contributed by atoms with Crippen molar-refractivity contribution in [2.75, 3.05) is 20.0 Å². The number of thiophene rings is 2. The Kier molecular flexibility index (Phi) is 5.58. The van der Waals surface area contributed by atoms with Gasteiger partial charge in [-0.25, -0.2) is 4.98 Å². The predicted molar refractivity (Wildman–Crippen MR) is 136 cm³/mol. The van der Waals surface area contributed by atoms with E-state index >= 15 is 0 Å². The van der Waals surface area contributed by atoms with Crippen LogP contribution in [-0.4, -0.2) is 25.0 Å². The van der Waals surface area contributed by atoms with E-state index in [9.17, 15) is 4.79 Å². The molecule has 5 rings (SSSR count). The Morgan fingerprint density at radius 3 is 2.45 bits per heavy atom. The first-order valence-corrected chi connectivity index (χ1v) is 11.9. The molecule has 2 aromatic carbocycles. The van der Waals surface area contributed by atoms with Gasteiger partial charge in [0.1, 0.15) is 21.2 Å². The maximum atomic E-state index is 13.2. The molecule has 164 valence electrons. The minimum Gasteiger partial charge on any atom is -0.497 e. The second kappa shape index (κ2) is 8.69. The Bertz CT molecular complexity index is 1460. The van der Waals surface area contributed by atoms with Crippen LogP contribution in [0.5, 0.6) is 11.5 Å². The number of anilines is 1. The maximum Gasteiger partial charge on any atom is 0.215 e. The van der Waals surface area contributed by atoms with Gasteiger partial charge in [-0.15, -0.1) is 22.7 Å². The summed E-state index contributed by atoms with van der Waals surface area (Å²) in [6.07, 6.45) is 0. The number of carbonyl (C=O) groups excluding carboxylic acids is 1. The molecule has 2 N–H and O–H groups in total. The summed E-state index contributed by atoms with van der Waals surface area (Å²) in [6, 6.07) is 21.2. The van der Waals surface area contributed by atoms with Crippen LogP contribution in [-0.2, 0) is 0 Å². The minimum absolute atomic E-state index is 0.0877. The van der Waals surface area contributed by atoms with Crippen molar-refractivity contribution in [2.24, 2.45) is 0 Å². The number of fused-ring (bicyclic) bond motifs is 1. The Hall–Kier alpha value is -3.68. The second-order valence-corrected chi connectivity index (χ2v) is 9.27. The van der Waals surface area contributed by atoms with Crippen LogP contribution < -0.4 is 15.2 Å². The number of hydrogen-bond acceptors (Lipinski definition) is 7. The summed E-state index contributed by atoms with van der Waals surface area (Å²) in [5.41, 5.74) is 10.5. The highest BCUT2D eigenvalue weighted by Gasteiger charge is 2.24. The van der Waals surface area contributed by atoms with E-state index < -0.39 is 0 Å². The second-order valence-electron chi connectivity index (χ2n) is 7.32. The minimum atomic E-state index is -0.0877. The number of benzene rings is 2. The average molecular weight is 473 g/mol. The summed E-state index contributed by atoms with van der Waals surface area (Å²) in [4.78, 5) is 19.9. The molecule has 0 aliphatic heterocycles. The SMILES string of the molecule is COc1ccc(OC)c(-c2cc(-c3ccccc3)nc3sc(C(=O)c4cccs4)c(N)c23)c1. The first kappa shape index (κ1) is 21.2. The number of nitrogen functional groups attached to an aromatic ring is 1. The van der Waals surface area contributed by atoms with Gasteiger partial charge in [-0.05, 0) is 35.7 Å². The molecule has 0 bridgehead atoms. The van der Waals surface area contributed by atoms with Crippen molar-refractivity contribution < 1.29 is 14.3 Å². The van der Waals surface area contributed by atoms with Crippen LogP contribution in [0.25, 0.3) is 32.6 Å². The zero-order valence-corrected chi connectivity index (χ0v) is 19.6. The lowest BCUT2D eigenvalue weighted by atomic mass is 9.98. The smallest absolute Gasteiger partial charge is 0.215 e. The largest absolute Gasteiger partial charge is 0.497 e. The zero-order valence-electron chi connectivity index (χ0n) is 18.0. The number of nitrogens with zero attached hydrogens (tertiary/aromatic N) is 1. The number of aromatic nitrogens is 1. The van der Waals surface area contributed by atoms with Crippen molar-refractivity contribution in [1.82, 2.24) is 4.98 Å². The molecule has 5 nitrogen and oxygen atoms in total. The fourth-order valence-corrected chi connectivity index (χ4v) is 5.61. The Labute approximate surface area is 199 Å². The van der Waals surface area contributed by atoms with E-state index in [1.54, 1.807) is 14.2 Å². The fraction of sp³-hybridized carbons (Fsp3) is 0.0769. The number of pyridine rings is 1. The normalized spacial score (nSPS) is 11.0. The monoisotopic (exact) mass is 472 g/mol. The predicted octanol–water partition coefficient (Wildman–Crippen LogP) is 6.52. The number of hydrogen-bond donors (Lipinski definition) is 1. The van der Waals surface area contributed by atoms with Gasteiger partial charge in [0.15, 0.2) is 0 Å². The number of methoxy groups -OCH3 is 2. The molecule has 7 heteroatoms. The van der Waals surface area contributed by atoms with Gasteiger partial charge in [0.25, 0.3) is 0 Å². The average Bonchev–Trinajstić information content (AvgIpc) is 3.52. The van der Waals surface area contributed by atoms with E-state index in [0.29, 0.717) is 31.8 Å². The zero-order chi connectivity index (χ0) is 22.9. The molecule has 0 unspecified atom stereocenters. The lowest BCUT2D eigenvalue weighted by Crippen LogP contribution is -2.00. The molecule has 0 spiro atoms. The summed E-state index contributed by atoms with van der Waals surface area (Å²) in [6.45, 7) is 0. The molecule has 0 aliphatic rings. The van der Waals surface area contributed by atoms with Crippen molar-refractivity contribution >= 4 is 44.4 Å². The molecule has 0 radical (unpaired) electrons. The van der Waals surface area contributed by atoms with E-state index in [1.807, 2.05) is 72.1 Å². The Morgan fingerprint density at radius 2 is 1.76 bits per heavy atom. The van der Waals surface area contributed by atoms with E-state index in [2.05, 4.69) is 0 Å². The third-order valence-electron chi connectivity index (χ3n) is 5.42. The number of rotatable bonds is 6. The Balaban J connectivity index is 1.82. The highest BCUT2D eigenvalue weighted by Crippen LogP contribution is 2.45. The first-order chi connectivity index (χ1) is 16.1. The van der Waals surface area contributed by atoms with Crippen LogP contribution in [0.4, 0.5) is 5.69 Å². The number of nitrogens with two attached hydrogens (primary N) is 1. The highest BCUT2D eigenvalue weighted by atomic mass is 32.1. The van der Waals surface area contributed by atoms with E-state index in [4.69, 9.17) is 20.2 Å².